The molecule has 0 aliphatic heterocycles. The van der Waals surface area contributed by atoms with Crippen LogP contribution in [0, 0.1) is 0 Å². The van der Waals surface area contributed by atoms with Crippen LogP contribution in [-0.4, -0.2) is 23.3 Å². The SMILES string of the molecule is COc1ccc(-c2cc(C(=O)Nc3cc(Cl)cc(Cl)c3)no2)cc1O. The molecule has 1 aromatic heterocycles. The molecule has 3 rings (SSSR count). The lowest BCUT2D eigenvalue weighted by atomic mass is 10.1. The molecule has 0 saturated carbocycles. The zero-order valence-corrected chi connectivity index (χ0v) is 14.4. The van der Waals surface area contributed by atoms with Gasteiger partial charge in [0.05, 0.1) is 7.11 Å². The molecule has 0 saturated heterocycles. The Hall–Kier alpha value is -2.70. The van der Waals surface area contributed by atoms with Gasteiger partial charge >= 0.3 is 0 Å². The minimum atomic E-state index is -0.480. The van der Waals surface area contributed by atoms with Crippen molar-refractivity contribution in [1.29, 1.82) is 0 Å². The first-order chi connectivity index (χ1) is 12.0. The van der Waals surface area contributed by atoms with Crippen molar-refractivity contribution in [3.8, 4) is 22.8 Å². The number of aromatic hydroxyl groups is 1. The Labute approximate surface area is 152 Å². The third kappa shape index (κ3) is 3.87. The van der Waals surface area contributed by atoms with Crippen molar-refractivity contribution in [2.75, 3.05) is 12.4 Å². The molecule has 2 N–H and O–H groups in total. The van der Waals surface area contributed by atoms with Crippen LogP contribution < -0.4 is 10.1 Å². The predicted octanol–water partition coefficient (Wildman–Crippen LogP) is 4.61. The summed E-state index contributed by atoms with van der Waals surface area (Å²) in [7, 11) is 1.45. The molecule has 0 unspecified atom stereocenters. The van der Waals surface area contributed by atoms with Gasteiger partial charge in [0.1, 0.15) is 0 Å². The van der Waals surface area contributed by atoms with Crippen molar-refractivity contribution in [2.45, 2.75) is 0 Å². The number of anilines is 1. The fourth-order valence-electron chi connectivity index (χ4n) is 2.18. The van der Waals surface area contributed by atoms with Gasteiger partial charge in [-0.1, -0.05) is 28.4 Å². The molecular formula is C17H12Cl2N2O4. The number of halogens is 2. The largest absolute Gasteiger partial charge is 0.504 e. The molecule has 2 aromatic carbocycles. The zero-order valence-electron chi connectivity index (χ0n) is 12.9. The second kappa shape index (κ2) is 7.04. The minimum Gasteiger partial charge on any atom is -0.504 e. The first kappa shape index (κ1) is 17.1. The number of amides is 1. The number of aromatic nitrogens is 1. The average Bonchev–Trinajstić information content (AvgIpc) is 3.04. The lowest BCUT2D eigenvalue weighted by molar-refractivity contribution is 0.101. The molecule has 128 valence electrons. The molecule has 0 aliphatic rings. The quantitative estimate of drug-likeness (QED) is 0.691. The third-order valence-electron chi connectivity index (χ3n) is 3.33. The standard InChI is InChI=1S/C17H12Cl2N2O4/c1-24-15-3-2-9(4-14(15)22)16-8-13(21-25-16)17(23)20-12-6-10(18)5-11(19)7-12/h2-8,22H,1H3,(H,20,23). The van der Waals surface area contributed by atoms with Crippen LogP contribution in [0.15, 0.2) is 47.0 Å². The second-order valence-corrected chi connectivity index (χ2v) is 5.95. The second-order valence-electron chi connectivity index (χ2n) is 5.08. The summed E-state index contributed by atoms with van der Waals surface area (Å²) in [6, 6.07) is 10.9. The molecule has 8 heteroatoms. The van der Waals surface area contributed by atoms with E-state index in [1.54, 1.807) is 30.3 Å². The van der Waals surface area contributed by atoms with Crippen LogP contribution >= 0.6 is 23.2 Å². The normalized spacial score (nSPS) is 10.5. The van der Waals surface area contributed by atoms with Crippen molar-refractivity contribution in [3.05, 3.63) is 58.2 Å². The van der Waals surface area contributed by atoms with Crippen LogP contribution in [0.3, 0.4) is 0 Å². The van der Waals surface area contributed by atoms with E-state index < -0.39 is 5.91 Å². The smallest absolute Gasteiger partial charge is 0.277 e. The molecule has 0 spiro atoms. The Morgan fingerprint density at radius 3 is 2.52 bits per heavy atom. The summed E-state index contributed by atoms with van der Waals surface area (Å²) >= 11 is 11.8. The number of phenolic OH excluding ortho intramolecular Hbond substituents is 1. The van der Waals surface area contributed by atoms with Crippen LogP contribution in [0.25, 0.3) is 11.3 Å². The Balaban J connectivity index is 1.80. The van der Waals surface area contributed by atoms with Crippen molar-refractivity contribution in [3.63, 3.8) is 0 Å². The lowest BCUT2D eigenvalue weighted by Gasteiger charge is -2.04. The van der Waals surface area contributed by atoms with Gasteiger partial charge in [-0.2, -0.15) is 0 Å². The molecule has 0 radical (unpaired) electrons. The zero-order chi connectivity index (χ0) is 18.0. The number of nitrogens with one attached hydrogen (secondary N) is 1. The summed E-state index contributed by atoms with van der Waals surface area (Å²) in [5.74, 6) is 0.133. The number of benzene rings is 2. The maximum absolute atomic E-state index is 12.3. The van der Waals surface area contributed by atoms with Gasteiger partial charge in [-0.05, 0) is 36.4 Å². The van der Waals surface area contributed by atoms with Crippen molar-refractivity contribution in [2.24, 2.45) is 0 Å². The van der Waals surface area contributed by atoms with Gasteiger partial charge < -0.3 is 19.7 Å². The topological polar surface area (TPSA) is 84.6 Å². The fourth-order valence-corrected chi connectivity index (χ4v) is 2.71. The number of rotatable bonds is 4. The fraction of sp³-hybridized carbons (Fsp3) is 0.0588. The van der Waals surface area contributed by atoms with E-state index in [-0.39, 0.29) is 11.4 Å². The number of ether oxygens (including phenoxy) is 1. The summed E-state index contributed by atoms with van der Waals surface area (Å²) in [4.78, 5) is 12.3. The Morgan fingerprint density at radius 1 is 1.16 bits per heavy atom. The van der Waals surface area contributed by atoms with E-state index >= 15 is 0 Å². The molecule has 3 aromatic rings. The summed E-state index contributed by atoms with van der Waals surface area (Å²) in [6.45, 7) is 0. The number of hydrogen-bond acceptors (Lipinski definition) is 5. The molecule has 6 nitrogen and oxygen atoms in total. The summed E-state index contributed by atoms with van der Waals surface area (Å²) in [5, 5.41) is 17.0. The highest BCUT2D eigenvalue weighted by molar-refractivity contribution is 6.35. The number of hydrogen-bond donors (Lipinski definition) is 2. The highest BCUT2D eigenvalue weighted by atomic mass is 35.5. The monoisotopic (exact) mass is 378 g/mol. The van der Waals surface area contributed by atoms with Crippen molar-refractivity contribution >= 4 is 34.8 Å². The minimum absolute atomic E-state index is 0.0454. The van der Waals surface area contributed by atoms with Gasteiger partial charge in [0, 0.05) is 27.4 Å². The third-order valence-corrected chi connectivity index (χ3v) is 3.76. The highest BCUT2D eigenvalue weighted by Crippen LogP contribution is 2.31. The number of carbonyl (C=O) groups excluding carboxylic acids is 1. The van der Waals surface area contributed by atoms with Crippen LogP contribution in [0.5, 0.6) is 11.5 Å². The van der Waals surface area contributed by atoms with Crippen molar-refractivity contribution < 1.29 is 19.2 Å². The van der Waals surface area contributed by atoms with Gasteiger partial charge in [0.25, 0.3) is 5.91 Å². The van der Waals surface area contributed by atoms with E-state index in [0.29, 0.717) is 32.8 Å². The van der Waals surface area contributed by atoms with Gasteiger partial charge in [0.2, 0.25) is 0 Å². The molecular weight excluding hydrogens is 367 g/mol. The highest BCUT2D eigenvalue weighted by Gasteiger charge is 2.15. The maximum atomic E-state index is 12.3. The van der Waals surface area contributed by atoms with Crippen molar-refractivity contribution in [1.82, 2.24) is 5.16 Å². The van der Waals surface area contributed by atoms with Gasteiger partial charge in [-0.25, -0.2) is 0 Å². The summed E-state index contributed by atoms with van der Waals surface area (Å²) in [5.41, 5.74) is 1.06. The Bertz CT molecular complexity index is 920. The van der Waals surface area contributed by atoms with E-state index in [4.69, 9.17) is 32.5 Å². The summed E-state index contributed by atoms with van der Waals surface area (Å²) < 4.78 is 10.2. The molecule has 0 bridgehead atoms. The van der Waals surface area contributed by atoms with Gasteiger partial charge in [0.15, 0.2) is 23.0 Å². The Kier molecular flexibility index (Phi) is 4.83. The maximum Gasteiger partial charge on any atom is 0.277 e. The van der Waals surface area contributed by atoms with E-state index in [9.17, 15) is 9.90 Å². The average molecular weight is 379 g/mol. The Morgan fingerprint density at radius 2 is 1.88 bits per heavy atom. The molecule has 1 amide bonds. The van der Waals surface area contributed by atoms with Gasteiger partial charge in [-0.15, -0.1) is 0 Å². The molecule has 0 atom stereocenters. The first-order valence-corrected chi connectivity index (χ1v) is 7.83. The lowest BCUT2D eigenvalue weighted by Crippen LogP contribution is -2.12. The summed E-state index contributed by atoms with van der Waals surface area (Å²) in [6.07, 6.45) is 0. The van der Waals surface area contributed by atoms with Crippen LogP contribution in [0.4, 0.5) is 5.69 Å². The molecule has 1 heterocycles. The first-order valence-electron chi connectivity index (χ1n) is 7.08. The number of nitrogens with zero attached hydrogens (tertiary/aromatic N) is 1. The van der Waals surface area contributed by atoms with E-state index in [1.165, 1.54) is 19.2 Å². The van der Waals surface area contributed by atoms with Crippen LogP contribution in [-0.2, 0) is 0 Å². The molecule has 0 aliphatic carbocycles. The predicted molar refractivity (Wildman–Crippen MR) is 94.6 cm³/mol. The number of phenols is 1. The number of carbonyl (C=O) groups is 1. The molecule has 25 heavy (non-hydrogen) atoms. The number of methoxy groups -OCH3 is 1. The molecule has 0 fully saturated rings. The van der Waals surface area contributed by atoms with Crippen LogP contribution in [0.2, 0.25) is 10.0 Å². The van der Waals surface area contributed by atoms with Crippen LogP contribution in [0.1, 0.15) is 10.5 Å². The van der Waals surface area contributed by atoms with E-state index in [1.807, 2.05) is 0 Å². The van der Waals surface area contributed by atoms with E-state index in [0.717, 1.165) is 0 Å². The van der Waals surface area contributed by atoms with Gasteiger partial charge in [-0.3, -0.25) is 4.79 Å². The van der Waals surface area contributed by atoms with E-state index in [2.05, 4.69) is 10.5 Å².